The normalized spacial score (nSPS) is 12.8. The van der Waals surface area contributed by atoms with Crippen molar-refractivity contribution in [2.75, 3.05) is 0 Å². The second-order valence-corrected chi connectivity index (χ2v) is 5.72. The van der Waals surface area contributed by atoms with Crippen molar-refractivity contribution in [3.05, 3.63) is 18.0 Å². The number of ether oxygens (including phenoxy) is 1. The maximum atomic E-state index is 12.1. The van der Waals surface area contributed by atoms with Crippen molar-refractivity contribution < 1.29 is 14.3 Å². The summed E-state index contributed by atoms with van der Waals surface area (Å²) >= 11 is 0. The molecule has 6 nitrogen and oxygen atoms in total. The van der Waals surface area contributed by atoms with E-state index in [1.165, 1.54) is 4.68 Å². The Kier molecular flexibility index (Phi) is 5.30. The van der Waals surface area contributed by atoms with Crippen molar-refractivity contribution in [2.24, 2.45) is 7.05 Å². The second kappa shape index (κ2) is 6.54. The predicted molar refractivity (Wildman–Crippen MR) is 75.6 cm³/mol. The molecule has 0 aliphatic carbocycles. The molecule has 1 unspecified atom stereocenters. The average Bonchev–Trinajstić information content (AvgIpc) is 2.72. The third kappa shape index (κ3) is 5.03. The first-order valence-electron chi connectivity index (χ1n) is 6.73. The molecule has 0 bridgehead atoms. The SMILES string of the molecule is CCC(CC(=O)c1ccnn1C)NC(=O)OC(C)(C)C. The van der Waals surface area contributed by atoms with Gasteiger partial charge in [-0.2, -0.15) is 5.10 Å². The minimum atomic E-state index is -0.547. The van der Waals surface area contributed by atoms with Crippen LogP contribution in [0.3, 0.4) is 0 Å². The number of aryl methyl sites for hydroxylation is 1. The van der Waals surface area contributed by atoms with E-state index in [9.17, 15) is 9.59 Å². The lowest BCUT2D eigenvalue weighted by Gasteiger charge is -2.22. The molecule has 6 heteroatoms. The van der Waals surface area contributed by atoms with Crippen molar-refractivity contribution in [1.82, 2.24) is 15.1 Å². The first-order valence-corrected chi connectivity index (χ1v) is 6.73. The number of hydrogen-bond acceptors (Lipinski definition) is 4. The number of rotatable bonds is 5. The Morgan fingerprint density at radius 1 is 1.45 bits per heavy atom. The van der Waals surface area contributed by atoms with E-state index < -0.39 is 11.7 Å². The zero-order valence-corrected chi connectivity index (χ0v) is 12.8. The maximum Gasteiger partial charge on any atom is 0.407 e. The largest absolute Gasteiger partial charge is 0.444 e. The minimum Gasteiger partial charge on any atom is -0.444 e. The standard InChI is InChI=1S/C14H23N3O3/c1-6-10(16-13(19)20-14(2,3)4)9-12(18)11-7-8-15-17(11)5/h7-8,10H,6,9H2,1-5H3,(H,16,19). The molecular weight excluding hydrogens is 258 g/mol. The number of carbonyl (C=O) groups is 2. The van der Waals surface area contributed by atoms with Crippen molar-refractivity contribution in [3.63, 3.8) is 0 Å². The molecular formula is C14H23N3O3. The number of alkyl carbamates (subject to hydrolysis) is 1. The minimum absolute atomic E-state index is 0.0482. The van der Waals surface area contributed by atoms with E-state index in [1.54, 1.807) is 40.1 Å². The number of amides is 1. The van der Waals surface area contributed by atoms with Gasteiger partial charge in [-0.3, -0.25) is 9.48 Å². The number of nitrogens with one attached hydrogen (secondary N) is 1. The van der Waals surface area contributed by atoms with E-state index in [0.717, 1.165) is 0 Å². The number of aromatic nitrogens is 2. The molecule has 0 aromatic carbocycles. The van der Waals surface area contributed by atoms with Crippen LogP contribution in [0.15, 0.2) is 12.3 Å². The van der Waals surface area contributed by atoms with Gasteiger partial charge in [-0.1, -0.05) is 6.92 Å². The third-order valence-corrected chi connectivity index (χ3v) is 2.75. The lowest BCUT2D eigenvalue weighted by atomic mass is 10.1. The molecule has 1 rings (SSSR count). The summed E-state index contributed by atoms with van der Waals surface area (Å²) in [6, 6.07) is 1.43. The van der Waals surface area contributed by atoms with Gasteiger partial charge in [0.05, 0.1) is 0 Å². The van der Waals surface area contributed by atoms with E-state index in [0.29, 0.717) is 12.1 Å². The highest BCUT2D eigenvalue weighted by molar-refractivity contribution is 5.95. The molecule has 0 spiro atoms. The van der Waals surface area contributed by atoms with Crippen LogP contribution in [-0.4, -0.2) is 33.3 Å². The molecule has 1 N–H and O–H groups in total. The number of carbonyl (C=O) groups excluding carboxylic acids is 2. The summed E-state index contributed by atoms with van der Waals surface area (Å²) in [5.74, 6) is -0.0482. The Balaban J connectivity index is 2.58. The zero-order valence-electron chi connectivity index (χ0n) is 12.8. The summed E-state index contributed by atoms with van der Waals surface area (Å²) in [5, 5.41) is 6.69. The molecule has 0 aliphatic heterocycles. The van der Waals surface area contributed by atoms with E-state index >= 15 is 0 Å². The summed E-state index contributed by atoms with van der Waals surface area (Å²) in [4.78, 5) is 23.8. The molecule has 1 aromatic rings. The van der Waals surface area contributed by atoms with Gasteiger partial charge in [0.2, 0.25) is 0 Å². The lowest BCUT2D eigenvalue weighted by molar-refractivity contribution is 0.0500. The third-order valence-electron chi connectivity index (χ3n) is 2.75. The quantitative estimate of drug-likeness (QED) is 0.840. The van der Waals surface area contributed by atoms with Crippen molar-refractivity contribution in [1.29, 1.82) is 0 Å². The van der Waals surface area contributed by atoms with Crippen LogP contribution in [0.25, 0.3) is 0 Å². The van der Waals surface area contributed by atoms with Crippen LogP contribution < -0.4 is 5.32 Å². The Morgan fingerprint density at radius 2 is 2.10 bits per heavy atom. The van der Waals surface area contributed by atoms with Gasteiger partial charge in [0.25, 0.3) is 0 Å². The molecule has 1 aromatic heterocycles. The van der Waals surface area contributed by atoms with Crippen LogP contribution in [0.2, 0.25) is 0 Å². The van der Waals surface area contributed by atoms with E-state index in [1.807, 2.05) is 6.92 Å². The van der Waals surface area contributed by atoms with Crippen LogP contribution in [0.5, 0.6) is 0 Å². The average molecular weight is 281 g/mol. The van der Waals surface area contributed by atoms with Crippen LogP contribution in [-0.2, 0) is 11.8 Å². The monoisotopic (exact) mass is 281 g/mol. The summed E-state index contributed by atoms with van der Waals surface area (Å²) in [6.07, 6.45) is 1.97. The van der Waals surface area contributed by atoms with Crippen molar-refractivity contribution in [2.45, 2.75) is 52.2 Å². The molecule has 1 atom stereocenters. The fourth-order valence-electron chi connectivity index (χ4n) is 1.75. The molecule has 0 aliphatic rings. The molecule has 0 fully saturated rings. The van der Waals surface area contributed by atoms with Gasteiger partial charge in [0.1, 0.15) is 11.3 Å². The number of Topliss-reactive ketones (excluding diaryl/α,β-unsaturated/α-hetero) is 1. The van der Waals surface area contributed by atoms with Crippen LogP contribution >= 0.6 is 0 Å². The highest BCUT2D eigenvalue weighted by atomic mass is 16.6. The van der Waals surface area contributed by atoms with Crippen LogP contribution in [0.1, 0.15) is 51.0 Å². The second-order valence-electron chi connectivity index (χ2n) is 5.72. The predicted octanol–water partition coefficient (Wildman–Crippen LogP) is 2.30. The fraction of sp³-hybridized carbons (Fsp3) is 0.643. The Morgan fingerprint density at radius 3 is 2.55 bits per heavy atom. The van der Waals surface area contributed by atoms with E-state index in [-0.39, 0.29) is 18.2 Å². The summed E-state index contributed by atoms with van der Waals surface area (Å²) < 4.78 is 6.72. The van der Waals surface area contributed by atoms with Crippen LogP contribution in [0.4, 0.5) is 4.79 Å². The van der Waals surface area contributed by atoms with Gasteiger partial charge in [0.15, 0.2) is 5.78 Å². The first kappa shape index (κ1) is 16.2. The summed E-state index contributed by atoms with van der Waals surface area (Å²) in [6.45, 7) is 7.32. The number of hydrogen-bond donors (Lipinski definition) is 1. The van der Waals surface area contributed by atoms with Gasteiger partial charge in [-0.05, 0) is 33.3 Å². The molecule has 1 amide bonds. The topological polar surface area (TPSA) is 73.2 Å². The van der Waals surface area contributed by atoms with Gasteiger partial charge in [-0.25, -0.2) is 4.79 Å². The number of ketones is 1. The van der Waals surface area contributed by atoms with Gasteiger partial charge < -0.3 is 10.1 Å². The fourth-order valence-corrected chi connectivity index (χ4v) is 1.75. The molecule has 0 radical (unpaired) electrons. The summed E-state index contributed by atoms with van der Waals surface area (Å²) in [7, 11) is 1.72. The van der Waals surface area contributed by atoms with Crippen LogP contribution in [0, 0.1) is 0 Å². The number of nitrogens with zero attached hydrogens (tertiary/aromatic N) is 2. The first-order chi connectivity index (χ1) is 9.23. The Bertz CT molecular complexity index is 474. The summed E-state index contributed by atoms with van der Waals surface area (Å²) in [5.41, 5.74) is -0.0107. The molecule has 0 saturated carbocycles. The van der Waals surface area contributed by atoms with Gasteiger partial charge in [0, 0.05) is 25.7 Å². The Hall–Kier alpha value is -1.85. The highest BCUT2D eigenvalue weighted by Gasteiger charge is 2.21. The van der Waals surface area contributed by atoms with E-state index in [2.05, 4.69) is 10.4 Å². The van der Waals surface area contributed by atoms with Gasteiger partial charge >= 0.3 is 6.09 Å². The smallest absolute Gasteiger partial charge is 0.407 e. The zero-order chi connectivity index (χ0) is 15.3. The molecule has 0 saturated heterocycles. The van der Waals surface area contributed by atoms with Gasteiger partial charge in [-0.15, -0.1) is 0 Å². The van der Waals surface area contributed by atoms with Crippen molar-refractivity contribution in [3.8, 4) is 0 Å². The maximum absolute atomic E-state index is 12.1. The lowest BCUT2D eigenvalue weighted by Crippen LogP contribution is -2.40. The molecule has 112 valence electrons. The van der Waals surface area contributed by atoms with E-state index in [4.69, 9.17) is 4.74 Å². The highest BCUT2D eigenvalue weighted by Crippen LogP contribution is 2.10. The molecule has 20 heavy (non-hydrogen) atoms. The molecule has 1 heterocycles. The Labute approximate surface area is 119 Å². The van der Waals surface area contributed by atoms with Crippen molar-refractivity contribution >= 4 is 11.9 Å².